The van der Waals surface area contributed by atoms with Gasteiger partial charge in [0.15, 0.2) is 0 Å². The minimum absolute atomic E-state index is 0.0275. The Kier molecular flexibility index (Phi) is 5.86. The second-order valence-electron chi connectivity index (χ2n) is 4.91. The highest BCUT2D eigenvalue weighted by Gasteiger charge is 2.05. The predicted octanol–water partition coefficient (Wildman–Crippen LogP) is 3.72. The molecule has 1 heterocycles. The fourth-order valence-electron chi connectivity index (χ4n) is 1.95. The maximum absolute atomic E-state index is 12.9. The Bertz CT molecular complexity index is 649. The van der Waals surface area contributed by atoms with Crippen molar-refractivity contribution in [2.75, 3.05) is 13.7 Å². The van der Waals surface area contributed by atoms with Crippen LogP contribution in [-0.2, 0) is 9.53 Å². The van der Waals surface area contributed by atoms with E-state index in [2.05, 4.69) is 5.32 Å². The summed E-state index contributed by atoms with van der Waals surface area (Å²) in [4.78, 5) is 13.7. The highest BCUT2D eigenvalue weighted by Crippen LogP contribution is 2.28. The quantitative estimate of drug-likeness (QED) is 0.824. The molecule has 0 fully saturated rings. The van der Waals surface area contributed by atoms with Gasteiger partial charge >= 0.3 is 0 Å². The Morgan fingerprint density at radius 2 is 2.05 bits per heavy atom. The number of methoxy groups -OCH3 is 1. The molecule has 0 radical (unpaired) electrons. The van der Waals surface area contributed by atoms with E-state index in [0.29, 0.717) is 6.61 Å². The van der Waals surface area contributed by atoms with Crippen LogP contribution < -0.4 is 5.32 Å². The summed E-state index contributed by atoms with van der Waals surface area (Å²) in [6, 6.07) is 10.2. The molecular formula is C17H18FNO2S. The van der Waals surface area contributed by atoms with Crippen molar-refractivity contribution in [3.63, 3.8) is 0 Å². The molecule has 0 bridgehead atoms. The number of halogens is 1. The normalized spacial score (nSPS) is 12.5. The Morgan fingerprint density at radius 1 is 1.32 bits per heavy atom. The lowest BCUT2D eigenvalue weighted by Gasteiger charge is -2.10. The maximum Gasteiger partial charge on any atom is 0.244 e. The van der Waals surface area contributed by atoms with Crippen molar-refractivity contribution in [2.45, 2.75) is 13.0 Å². The second-order valence-corrected chi connectivity index (χ2v) is 6.02. The molecular weight excluding hydrogens is 301 g/mol. The zero-order valence-electron chi connectivity index (χ0n) is 12.5. The van der Waals surface area contributed by atoms with Gasteiger partial charge in [0.2, 0.25) is 5.91 Å². The van der Waals surface area contributed by atoms with E-state index in [-0.39, 0.29) is 17.8 Å². The van der Waals surface area contributed by atoms with Crippen LogP contribution in [0.4, 0.5) is 4.39 Å². The fraction of sp³-hybridized carbons (Fsp3) is 0.235. The first-order valence-electron chi connectivity index (χ1n) is 6.92. The van der Waals surface area contributed by atoms with Crippen LogP contribution in [0.5, 0.6) is 0 Å². The van der Waals surface area contributed by atoms with Gasteiger partial charge in [-0.25, -0.2) is 4.39 Å². The van der Waals surface area contributed by atoms with Crippen molar-refractivity contribution < 1.29 is 13.9 Å². The first-order valence-corrected chi connectivity index (χ1v) is 7.73. The lowest BCUT2D eigenvalue weighted by atomic mass is 10.2. The molecule has 0 spiro atoms. The van der Waals surface area contributed by atoms with Gasteiger partial charge in [-0.1, -0.05) is 12.1 Å². The van der Waals surface area contributed by atoms with Gasteiger partial charge in [0.05, 0.1) is 6.61 Å². The highest BCUT2D eigenvalue weighted by molar-refractivity contribution is 7.16. The lowest BCUT2D eigenvalue weighted by molar-refractivity contribution is -0.117. The number of carbonyl (C=O) groups is 1. The van der Waals surface area contributed by atoms with E-state index in [9.17, 15) is 9.18 Å². The van der Waals surface area contributed by atoms with E-state index in [0.717, 1.165) is 15.3 Å². The van der Waals surface area contributed by atoms with Crippen molar-refractivity contribution >= 4 is 23.3 Å². The number of nitrogens with one attached hydrogen (secondary N) is 1. The number of ether oxygens (including phenoxy) is 1. The molecule has 0 saturated carbocycles. The van der Waals surface area contributed by atoms with Gasteiger partial charge < -0.3 is 10.1 Å². The summed E-state index contributed by atoms with van der Waals surface area (Å²) in [7, 11) is 1.60. The molecule has 2 rings (SSSR count). The third-order valence-corrected chi connectivity index (χ3v) is 4.06. The van der Waals surface area contributed by atoms with Gasteiger partial charge in [0, 0.05) is 29.0 Å². The molecule has 2 aromatic rings. The van der Waals surface area contributed by atoms with Crippen LogP contribution in [0.1, 0.15) is 11.8 Å². The van der Waals surface area contributed by atoms with Crippen LogP contribution in [0.15, 0.2) is 42.5 Å². The monoisotopic (exact) mass is 319 g/mol. The standard InChI is InChI=1S/C17H18FNO2S/c1-12(11-21-2)19-17(20)10-8-15-7-9-16(22-15)13-3-5-14(18)6-4-13/h3-10,12H,11H2,1-2H3,(H,19,20)/b10-8+/t12-/m0/s1. The van der Waals surface area contributed by atoms with Crippen molar-refractivity contribution in [1.82, 2.24) is 5.32 Å². The molecule has 1 aromatic heterocycles. The predicted molar refractivity (Wildman–Crippen MR) is 88.2 cm³/mol. The summed E-state index contributed by atoms with van der Waals surface area (Å²) in [5.41, 5.74) is 0.962. The number of carbonyl (C=O) groups excluding carboxylic acids is 1. The zero-order valence-corrected chi connectivity index (χ0v) is 13.3. The lowest BCUT2D eigenvalue weighted by Crippen LogP contribution is -2.34. The van der Waals surface area contributed by atoms with Gasteiger partial charge in [0.1, 0.15) is 5.82 Å². The second kappa shape index (κ2) is 7.87. The number of amides is 1. The summed E-state index contributed by atoms with van der Waals surface area (Å²) >= 11 is 1.55. The zero-order chi connectivity index (χ0) is 15.9. The molecule has 5 heteroatoms. The summed E-state index contributed by atoms with van der Waals surface area (Å²) in [6.07, 6.45) is 3.28. The highest BCUT2D eigenvalue weighted by atomic mass is 32.1. The first-order chi connectivity index (χ1) is 10.6. The molecule has 1 aromatic carbocycles. The third kappa shape index (κ3) is 4.79. The molecule has 22 heavy (non-hydrogen) atoms. The van der Waals surface area contributed by atoms with E-state index >= 15 is 0 Å². The molecule has 0 aliphatic carbocycles. The Morgan fingerprint density at radius 3 is 2.73 bits per heavy atom. The van der Waals surface area contributed by atoms with Crippen molar-refractivity contribution in [2.24, 2.45) is 0 Å². The van der Waals surface area contributed by atoms with Gasteiger partial charge in [-0.05, 0) is 42.8 Å². The van der Waals surface area contributed by atoms with E-state index in [1.165, 1.54) is 18.2 Å². The summed E-state index contributed by atoms with van der Waals surface area (Å²) < 4.78 is 17.9. The van der Waals surface area contributed by atoms with Gasteiger partial charge in [0.25, 0.3) is 0 Å². The minimum Gasteiger partial charge on any atom is -0.383 e. The average molecular weight is 319 g/mol. The Labute approximate surface area is 133 Å². The molecule has 0 aliphatic heterocycles. The third-order valence-electron chi connectivity index (χ3n) is 2.96. The van der Waals surface area contributed by atoms with Gasteiger partial charge in [-0.15, -0.1) is 11.3 Å². The van der Waals surface area contributed by atoms with Crippen molar-refractivity contribution in [3.8, 4) is 10.4 Å². The molecule has 1 atom stereocenters. The number of benzene rings is 1. The van der Waals surface area contributed by atoms with Crippen molar-refractivity contribution in [3.05, 3.63) is 53.2 Å². The topological polar surface area (TPSA) is 38.3 Å². The van der Waals surface area contributed by atoms with Crippen LogP contribution in [0.2, 0.25) is 0 Å². The van der Waals surface area contributed by atoms with Gasteiger partial charge in [-0.2, -0.15) is 0 Å². The first kappa shape index (κ1) is 16.4. The Balaban J connectivity index is 1.98. The minimum atomic E-state index is -0.248. The van der Waals surface area contributed by atoms with Crippen LogP contribution in [-0.4, -0.2) is 25.7 Å². The number of hydrogen-bond donors (Lipinski definition) is 1. The molecule has 1 amide bonds. The van der Waals surface area contributed by atoms with Crippen LogP contribution in [0, 0.1) is 5.82 Å². The largest absolute Gasteiger partial charge is 0.383 e. The van der Waals surface area contributed by atoms with Crippen molar-refractivity contribution in [1.29, 1.82) is 0 Å². The molecule has 0 unspecified atom stereocenters. The SMILES string of the molecule is COC[C@H](C)NC(=O)/C=C/c1ccc(-c2ccc(F)cc2)s1. The van der Waals surface area contributed by atoms with Crippen LogP contribution in [0.3, 0.4) is 0 Å². The van der Waals surface area contributed by atoms with E-state index in [4.69, 9.17) is 4.74 Å². The molecule has 1 N–H and O–H groups in total. The Hall–Kier alpha value is -1.98. The van der Waals surface area contributed by atoms with E-state index in [1.54, 1.807) is 36.7 Å². The van der Waals surface area contributed by atoms with E-state index in [1.807, 2.05) is 19.1 Å². The average Bonchev–Trinajstić information content (AvgIpc) is 2.95. The summed E-state index contributed by atoms with van der Waals surface area (Å²) in [6.45, 7) is 2.36. The van der Waals surface area contributed by atoms with Gasteiger partial charge in [-0.3, -0.25) is 4.79 Å². The summed E-state index contributed by atoms with van der Waals surface area (Å²) in [5, 5.41) is 2.81. The van der Waals surface area contributed by atoms with Crippen LogP contribution in [0.25, 0.3) is 16.5 Å². The fourth-order valence-corrected chi connectivity index (χ4v) is 2.87. The summed E-state index contributed by atoms with van der Waals surface area (Å²) in [5.74, 6) is -0.399. The number of hydrogen-bond acceptors (Lipinski definition) is 3. The number of thiophene rings is 1. The number of rotatable bonds is 6. The van der Waals surface area contributed by atoms with E-state index < -0.39 is 0 Å². The van der Waals surface area contributed by atoms with Crippen LogP contribution >= 0.6 is 11.3 Å². The molecule has 0 saturated heterocycles. The smallest absolute Gasteiger partial charge is 0.244 e. The maximum atomic E-state index is 12.9. The molecule has 116 valence electrons. The molecule has 3 nitrogen and oxygen atoms in total. The molecule has 0 aliphatic rings.